The van der Waals surface area contributed by atoms with E-state index in [1.807, 2.05) is 0 Å². The van der Waals surface area contributed by atoms with Crippen molar-refractivity contribution in [3.05, 3.63) is 71.8 Å². The maximum atomic E-state index is 5.68. The van der Waals surface area contributed by atoms with Crippen molar-refractivity contribution in [3.8, 4) is 0 Å². The highest BCUT2D eigenvalue weighted by Crippen LogP contribution is 2.27. The van der Waals surface area contributed by atoms with Gasteiger partial charge in [-0.25, -0.2) is 0 Å². The zero-order valence-corrected chi connectivity index (χ0v) is 12.4. The number of hydrogen-bond acceptors (Lipinski definition) is 1. The molecule has 2 radical (unpaired) electrons. The van der Waals surface area contributed by atoms with Crippen LogP contribution < -0.4 is 0 Å². The van der Waals surface area contributed by atoms with Crippen LogP contribution >= 0.6 is 0 Å². The summed E-state index contributed by atoms with van der Waals surface area (Å²) in [5.41, 5.74) is 2.75. The monoisotopic (exact) mass is 268 g/mol. The molecule has 2 aromatic carbocycles. The number of hydrogen-bond donors (Lipinski definition) is 0. The first kappa shape index (κ1) is 14.0. The molecule has 0 fully saturated rings. The predicted octanol–water partition coefficient (Wildman–Crippen LogP) is 4.28. The molecule has 0 aliphatic carbocycles. The normalized spacial score (nSPS) is 10.8. The van der Waals surface area contributed by atoms with Gasteiger partial charge in [-0.1, -0.05) is 67.6 Å². The SMILES string of the molecule is CCCO[Si]CC(c1ccccc1)c1ccccc1. The van der Waals surface area contributed by atoms with Crippen LogP contribution in [0.15, 0.2) is 60.7 Å². The van der Waals surface area contributed by atoms with E-state index in [1.54, 1.807) is 0 Å². The fraction of sp³-hybridized carbons (Fsp3) is 0.294. The van der Waals surface area contributed by atoms with Gasteiger partial charge >= 0.3 is 0 Å². The minimum atomic E-state index is 0.442. The molecule has 0 amide bonds. The minimum absolute atomic E-state index is 0.442. The highest BCUT2D eigenvalue weighted by atomic mass is 28.2. The molecule has 0 aliphatic heterocycles. The summed E-state index contributed by atoms with van der Waals surface area (Å²) in [5.74, 6) is 0.442. The van der Waals surface area contributed by atoms with Crippen molar-refractivity contribution >= 4 is 9.76 Å². The van der Waals surface area contributed by atoms with E-state index in [2.05, 4.69) is 67.6 Å². The van der Waals surface area contributed by atoms with Gasteiger partial charge in [0.15, 0.2) is 0 Å². The Morgan fingerprint density at radius 3 is 1.89 bits per heavy atom. The Kier molecular flexibility index (Phi) is 5.85. The van der Waals surface area contributed by atoms with Gasteiger partial charge in [-0.15, -0.1) is 0 Å². The summed E-state index contributed by atoms with van der Waals surface area (Å²) in [6.45, 7) is 3.02. The van der Waals surface area contributed by atoms with E-state index in [0.717, 1.165) is 19.1 Å². The van der Waals surface area contributed by atoms with Crippen molar-refractivity contribution in [1.29, 1.82) is 0 Å². The molecule has 0 N–H and O–H groups in total. The standard InChI is InChI=1S/C17H20OSi/c1-2-13-18-19-14-17(15-9-5-3-6-10-15)16-11-7-4-8-12-16/h3-12,17H,2,13-14H2,1H3. The summed E-state index contributed by atoms with van der Waals surface area (Å²) in [7, 11) is 0.570. The van der Waals surface area contributed by atoms with Crippen LogP contribution in [0.3, 0.4) is 0 Å². The molecule has 0 unspecified atom stereocenters. The molecule has 0 saturated carbocycles. The summed E-state index contributed by atoms with van der Waals surface area (Å²) in [4.78, 5) is 0. The second-order valence-corrected chi connectivity index (χ2v) is 5.56. The third kappa shape index (κ3) is 4.34. The Balaban J connectivity index is 2.10. The van der Waals surface area contributed by atoms with E-state index in [9.17, 15) is 0 Å². The first-order valence-corrected chi connectivity index (χ1v) is 7.98. The van der Waals surface area contributed by atoms with Gasteiger partial charge in [0.2, 0.25) is 9.76 Å². The van der Waals surface area contributed by atoms with Crippen molar-refractivity contribution in [2.75, 3.05) is 6.61 Å². The van der Waals surface area contributed by atoms with Gasteiger partial charge in [0.05, 0.1) is 0 Å². The molecule has 0 heterocycles. The van der Waals surface area contributed by atoms with Crippen LogP contribution in [-0.4, -0.2) is 16.4 Å². The maximum Gasteiger partial charge on any atom is 0.230 e. The highest BCUT2D eigenvalue weighted by molar-refractivity contribution is 6.27. The minimum Gasteiger partial charge on any atom is -0.417 e. The molecule has 2 rings (SSSR count). The first-order valence-electron chi connectivity index (χ1n) is 6.86. The van der Waals surface area contributed by atoms with Crippen LogP contribution in [0.25, 0.3) is 0 Å². The molecular weight excluding hydrogens is 248 g/mol. The summed E-state index contributed by atoms with van der Waals surface area (Å²) < 4.78 is 5.68. The Hall–Kier alpha value is -1.38. The summed E-state index contributed by atoms with van der Waals surface area (Å²) in [5, 5.41) is 0. The van der Waals surface area contributed by atoms with Crippen molar-refractivity contribution in [1.82, 2.24) is 0 Å². The average Bonchev–Trinajstić information content (AvgIpc) is 2.49. The lowest BCUT2D eigenvalue weighted by molar-refractivity contribution is 0.334. The van der Waals surface area contributed by atoms with E-state index in [1.165, 1.54) is 11.1 Å². The van der Waals surface area contributed by atoms with Crippen molar-refractivity contribution in [2.45, 2.75) is 25.3 Å². The zero-order valence-electron chi connectivity index (χ0n) is 11.4. The summed E-state index contributed by atoms with van der Waals surface area (Å²) in [6, 6.07) is 22.5. The Labute approximate surface area is 118 Å². The third-order valence-corrected chi connectivity index (χ3v) is 4.08. The molecule has 0 atom stereocenters. The molecule has 0 bridgehead atoms. The number of benzene rings is 2. The molecule has 98 valence electrons. The fourth-order valence-corrected chi connectivity index (χ4v) is 3.22. The molecule has 1 nitrogen and oxygen atoms in total. The average molecular weight is 268 g/mol. The predicted molar refractivity (Wildman–Crippen MR) is 81.5 cm³/mol. The largest absolute Gasteiger partial charge is 0.417 e. The van der Waals surface area contributed by atoms with Crippen LogP contribution in [0.4, 0.5) is 0 Å². The molecule has 19 heavy (non-hydrogen) atoms. The molecule has 0 saturated heterocycles. The Morgan fingerprint density at radius 1 is 0.895 bits per heavy atom. The van der Waals surface area contributed by atoms with E-state index in [0.29, 0.717) is 15.7 Å². The van der Waals surface area contributed by atoms with Crippen LogP contribution in [0, 0.1) is 0 Å². The van der Waals surface area contributed by atoms with Crippen LogP contribution in [0.1, 0.15) is 30.4 Å². The topological polar surface area (TPSA) is 9.23 Å². The molecular formula is C17H20OSi. The third-order valence-electron chi connectivity index (χ3n) is 3.10. The van der Waals surface area contributed by atoms with E-state index >= 15 is 0 Å². The molecule has 2 heteroatoms. The second kappa shape index (κ2) is 7.92. The lowest BCUT2D eigenvalue weighted by Gasteiger charge is -2.17. The van der Waals surface area contributed by atoms with E-state index in [4.69, 9.17) is 4.43 Å². The van der Waals surface area contributed by atoms with Crippen molar-refractivity contribution < 1.29 is 4.43 Å². The first-order chi connectivity index (χ1) is 9.42. The Bertz CT molecular complexity index is 416. The second-order valence-electron chi connectivity index (χ2n) is 4.57. The zero-order chi connectivity index (χ0) is 13.3. The van der Waals surface area contributed by atoms with Gasteiger partial charge < -0.3 is 4.43 Å². The van der Waals surface area contributed by atoms with Gasteiger partial charge in [0.1, 0.15) is 0 Å². The maximum absolute atomic E-state index is 5.68. The fourth-order valence-electron chi connectivity index (χ4n) is 2.12. The van der Waals surface area contributed by atoms with Gasteiger partial charge in [-0.2, -0.15) is 0 Å². The van der Waals surface area contributed by atoms with E-state index < -0.39 is 0 Å². The molecule has 0 aromatic heterocycles. The molecule has 0 aliphatic rings. The van der Waals surface area contributed by atoms with Gasteiger partial charge in [0, 0.05) is 12.5 Å². The quantitative estimate of drug-likeness (QED) is 0.538. The summed E-state index contributed by atoms with van der Waals surface area (Å²) in [6.07, 6.45) is 1.09. The van der Waals surface area contributed by atoms with Crippen LogP contribution in [0.5, 0.6) is 0 Å². The van der Waals surface area contributed by atoms with Gasteiger partial charge in [0.25, 0.3) is 0 Å². The van der Waals surface area contributed by atoms with Crippen LogP contribution in [0.2, 0.25) is 6.04 Å². The summed E-state index contributed by atoms with van der Waals surface area (Å²) >= 11 is 0. The van der Waals surface area contributed by atoms with E-state index in [-0.39, 0.29) is 0 Å². The van der Waals surface area contributed by atoms with Gasteiger partial charge in [-0.3, -0.25) is 0 Å². The highest BCUT2D eigenvalue weighted by Gasteiger charge is 2.14. The smallest absolute Gasteiger partial charge is 0.230 e. The Morgan fingerprint density at radius 2 is 1.42 bits per heavy atom. The lowest BCUT2D eigenvalue weighted by Crippen LogP contribution is -2.08. The van der Waals surface area contributed by atoms with Crippen LogP contribution in [-0.2, 0) is 4.43 Å². The van der Waals surface area contributed by atoms with Crippen molar-refractivity contribution in [3.63, 3.8) is 0 Å². The van der Waals surface area contributed by atoms with Crippen molar-refractivity contribution in [2.24, 2.45) is 0 Å². The van der Waals surface area contributed by atoms with Gasteiger partial charge in [-0.05, 0) is 23.6 Å². The molecule has 0 spiro atoms. The lowest BCUT2D eigenvalue weighted by atomic mass is 9.93. The number of rotatable bonds is 7. The molecule has 2 aromatic rings.